The van der Waals surface area contributed by atoms with E-state index >= 15 is 0 Å². The monoisotopic (exact) mass is 468 g/mol. The maximum atomic E-state index is 13.3. The molecule has 0 saturated carbocycles. The number of nitrogens with zero attached hydrogens (tertiary/aromatic N) is 2. The van der Waals surface area contributed by atoms with Crippen LogP contribution in [0.3, 0.4) is 0 Å². The van der Waals surface area contributed by atoms with Crippen molar-refractivity contribution < 1.29 is 37.0 Å². The van der Waals surface area contributed by atoms with E-state index in [1.807, 2.05) is 0 Å². The zero-order chi connectivity index (χ0) is 24.1. The van der Waals surface area contributed by atoms with E-state index in [9.17, 15) is 18.0 Å². The van der Waals surface area contributed by atoms with Crippen LogP contribution in [0.2, 0.25) is 0 Å². The summed E-state index contributed by atoms with van der Waals surface area (Å²) < 4.78 is 46.5. The number of rotatable bonds is 10. The molecule has 0 radical (unpaired) electrons. The highest BCUT2D eigenvalue weighted by Gasteiger charge is 2.26. The molecule has 11 heteroatoms. The molecule has 0 fully saturated rings. The summed E-state index contributed by atoms with van der Waals surface area (Å²) in [6.07, 6.45) is 0.499. The van der Waals surface area contributed by atoms with Gasteiger partial charge >= 0.3 is 6.16 Å². The van der Waals surface area contributed by atoms with Crippen molar-refractivity contribution in [2.45, 2.75) is 45.5 Å². The van der Waals surface area contributed by atoms with Crippen LogP contribution in [-0.2, 0) is 37.7 Å². The minimum atomic E-state index is -3.52. The maximum Gasteiger partial charge on any atom is 0.511 e. The Morgan fingerprint density at radius 3 is 2.44 bits per heavy atom. The van der Waals surface area contributed by atoms with Gasteiger partial charge in [0.1, 0.15) is 5.56 Å². The normalized spacial score (nSPS) is 12.3. The predicted molar refractivity (Wildman–Crippen MR) is 114 cm³/mol. The van der Waals surface area contributed by atoms with E-state index in [-0.39, 0.29) is 35.1 Å². The van der Waals surface area contributed by atoms with Crippen LogP contribution in [0.5, 0.6) is 5.88 Å². The SMILES string of the molecule is CCOCc1c(S(C)(=O)=O)ccc(C(=O)c2cnn(C)c2OC(C)OC(=O)OCC)c1C. The van der Waals surface area contributed by atoms with Gasteiger partial charge in [0.05, 0.1) is 24.3 Å². The fourth-order valence-electron chi connectivity index (χ4n) is 3.04. The molecule has 0 saturated heterocycles. The Labute approximate surface area is 187 Å². The third-order valence-corrected chi connectivity index (χ3v) is 5.76. The first kappa shape index (κ1) is 25.3. The average Bonchev–Trinajstić information content (AvgIpc) is 3.05. The Bertz CT molecular complexity index is 1090. The molecule has 0 aliphatic heterocycles. The lowest BCUT2D eigenvalue weighted by Gasteiger charge is -2.17. The number of hydrogen-bond donors (Lipinski definition) is 0. The van der Waals surface area contributed by atoms with Crippen LogP contribution in [0.1, 0.15) is 47.8 Å². The second kappa shape index (κ2) is 10.6. The molecule has 0 aliphatic rings. The van der Waals surface area contributed by atoms with Crippen LogP contribution >= 0.6 is 0 Å². The number of ether oxygens (including phenoxy) is 4. The van der Waals surface area contributed by atoms with E-state index < -0.39 is 28.1 Å². The van der Waals surface area contributed by atoms with E-state index in [1.54, 1.807) is 27.8 Å². The van der Waals surface area contributed by atoms with Crippen LogP contribution in [0.25, 0.3) is 0 Å². The summed E-state index contributed by atoms with van der Waals surface area (Å²) in [5, 5.41) is 4.07. The number of carbonyl (C=O) groups is 2. The number of aryl methyl sites for hydroxylation is 1. The van der Waals surface area contributed by atoms with Crippen LogP contribution in [0.4, 0.5) is 4.79 Å². The zero-order valence-corrected chi connectivity index (χ0v) is 19.8. The minimum absolute atomic E-state index is 0.0483. The maximum absolute atomic E-state index is 13.3. The zero-order valence-electron chi connectivity index (χ0n) is 19.0. The second-order valence-electron chi connectivity index (χ2n) is 6.93. The Balaban J connectivity index is 2.43. The van der Waals surface area contributed by atoms with Gasteiger partial charge in [-0.15, -0.1) is 0 Å². The number of carbonyl (C=O) groups excluding carboxylic acids is 2. The number of hydrogen-bond acceptors (Lipinski definition) is 9. The second-order valence-corrected chi connectivity index (χ2v) is 8.91. The van der Waals surface area contributed by atoms with Crippen LogP contribution < -0.4 is 4.74 Å². The largest absolute Gasteiger partial charge is 0.511 e. The van der Waals surface area contributed by atoms with E-state index in [0.29, 0.717) is 17.7 Å². The molecule has 1 atom stereocenters. The van der Waals surface area contributed by atoms with Crippen LogP contribution in [0.15, 0.2) is 23.2 Å². The van der Waals surface area contributed by atoms with Crippen LogP contribution in [-0.4, -0.2) is 55.9 Å². The summed E-state index contributed by atoms with van der Waals surface area (Å²) in [5.74, 6) is -0.337. The van der Waals surface area contributed by atoms with Crippen molar-refractivity contribution in [1.29, 1.82) is 0 Å². The number of sulfone groups is 1. The van der Waals surface area contributed by atoms with E-state index in [4.69, 9.17) is 18.9 Å². The molecule has 1 heterocycles. The molecule has 1 aromatic heterocycles. The molecule has 0 bridgehead atoms. The average molecular weight is 469 g/mol. The quantitative estimate of drug-likeness (QED) is 0.294. The first-order valence-electron chi connectivity index (χ1n) is 9.98. The molecule has 0 spiro atoms. The van der Waals surface area contributed by atoms with Crippen molar-refractivity contribution in [2.75, 3.05) is 19.5 Å². The molecule has 1 aromatic carbocycles. The molecule has 0 N–H and O–H groups in total. The van der Waals surface area contributed by atoms with Crippen molar-refractivity contribution in [3.05, 3.63) is 40.6 Å². The predicted octanol–water partition coefficient (Wildman–Crippen LogP) is 2.80. The lowest BCUT2D eigenvalue weighted by atomic mass is 9.97. The van der Waals surface area contributed by atoms with Crippen LogP contribution in [0, 0.1) is 6.92 Å². The topological polar surface area (TPSA) is 123 Å². The lowest BCUT2D eigenvalue weighted by molar-refractivity contribution is -0.0555. The highest BCUT2D eigenvalue weighted by atomic mass is 32.2. The Kier molecular flexibility index (Phi) is 8.39. The molecule has 2 rings (SSSR count). The summed E-state index contributed by atoms with van der Waals surface area (Å²) in [7, 11) is -1.95. The van der Waals surface area contributed by atoms with Crippen molar-refractivity contribution >= 4 is 21.8 Å². The van der Waals surface area contributed by atoms with E-state index in [1.165, 1.54) is 29.9 Å². The minimum Gasteiger partial charge on any atom is -0.437 e. The van der Waals surface area contributed by atoms with Gasteiger partial charge in [0, 0.05) is 32.4 Å². The van der Waals surface area contributed by atoms with Gasteiger partial charge in [-0.1, -0.05) is 0 Å². The Morgan fingerprint density at radius 2 is 1.84 bits per heavy atom. The fourth-order valence-corrected chi connectivity index (χ4v) is 4.02. The summed E-state index contributed by atoms with van der Waals surface area (Å²) in [6, 6.07) is 2.85. The third-order valence-electron chi connectivity index (χ3n) is 4.58. The number of ketones is 1. The summed E-state index contributed by atoms with van der Waals surface area (Å²) >= 11 is 0. The molecule has 176 valence electrons. The lowest BCUT2D eigenvalue weighted by Crippen LogP contribution is -2.23. The summed E-state index contributed by atoms with van der Waals surface area (Å²) in [4.78, 5) is 25.0. The van der Waals surface area contributed by atoms with Gasteiger partial charge in [-0.05, 0) is 44.0 Å². The van der Waals surface area contributed by atoms with E-state index in [2.05, 4.69) is 5.10 Å². The highest BCUT2D eigenvalue weighted by molar-refractivity contribution is 7.90. The van der Waals surface area contributed by atoms with Crippen molar-refractivity contribution in [3.63, 3.8) is 0 Å². The molecular formula is C21H28N2O8S. The van der Waals surface area contributed by atoms with Gasteiger partial charge in [-0.3, -0.25) is 4.79 Å². The third kappa shape index (κ3) is 5.86. The molecule has 2 aromatic rings. The Morgan fingerprint density at radius 1 is 1.16 bits per heavy atom. The molecule has 32 heavy (non-hydrogen) atoms. The summed E-state index contributed by atoms with van der Waals surface area (Å²) in [6.45, 7) is 7.16. The van der Waals surface area contributed by atoms with Crippen molar-refractivity contribution in [2.24, 2.45) is 7.05 Å². The molecule has 0 aliphatic carbocycles. The number of aromatic nitrogens is 2. The van der Waals surface area contributed by atoms with Gasteiger partial charge in [0.25, 0.3) is 0 Å². The molecule has 0 amide bonds. The smallest absolute Gasteiger partial charge is 0.437 e. The van der Waals surface area contributed by atoms with Gasteiger partial charge in [0.15, 0.2) is 15.6 Å². The standard InChI is InChI=1S/C21H28N2O8S/c1-7-28-12-17-13(3)15(9-10-18(17)32(6,26)27)19(24)16-11-22-23(5)20(16)30-14(4)31-21(25)29-8-2/h9-11,14H,7-8,12H2,1-6H3. The molecule has 1 unspecified atom stereocenters. The van der Waals surface area contributed by atoms with Gasteiger partial charge in [-0.2, -0.15) is 5.10 Å². The molecular weight excluding hydrogens is 440 g/mol. The highest BCUT2D eigenvalue weighted by Crippen LogP contribution is 2.28. The van der Waals surface area contributed by atoms with Crippen molar-refractivity contribution in [1.82, 2.24) is 9.78 Å². The fraction of sp³-hybridized carbons (Fsp3) is 0.476. The molecule has 10 nitrogen and oxygen atoms in total. The van der Waals surface area contributed by atoms with E-state index in [0.717, 1.165) is 6.26 Å². The van der Waals surface area contributed by atoms with Crippen molar-refractivity contribution in [3.8, 4) is 5.88 Å². The first-order chi connectivity index (χ1) is 15.0. The summed E-state index contributed by atoms with van der Waals surface area (Å²) in [5.41, 5.74) is 1.32. The Hall–Kier alpha value is -2.92. The van der Waals surface area contributed by atoms with Gasteiger partial charge in [0.2, 0.25) is 12.2 Å². The first-order valence-corrected chi connectivity index (χ1v) is 11.9. The van der Waals surface area contributed by atoms with Gasteiger partial charge < -0.3 is 18.9 Å². The number of benzene rings is 1. The van der Waals surface area contributed by atoms with Gasteiger partial charge in [-0.25, -0.2) is 17.9 Å².